The summed E-state index contributed by atoms with van der Waals surface area (Å²) in [6.07, 6.45) is 51.6. The Morgan fingerprint density at radius 3 is 1.26 bits per heavy atom. The summed E-state index contributed by atoms with van der Waals surface area (Å²) in [5.41, 5.74) is 9.44. The molecule has 0 unspecified atom stereocenters. The maximum atomic E-state index is 5.56. The van der Waals surface area contributed by atoms with Crippen LogP contribution in [-0.2, 0) is 29.3 Å². The second-order valence-corrected chi connectivity index (χ2v) is 20.9. The molecule has 0 spiro atoms. The van der Waals surface area contributed by atoms with Crippen LogP contribution in [-0.4, -0.2) is 38.6 Å². The molecule has 402 valence electrons. The van der Waals surface area contributed by atoms with Crippen molar-refractivity contribution in [1.29, 1.82) is 0 Å². The minimum atomic E-state index is 0. The summed E-state index contributed by atoms with van der Waals surface area (Å²) in [5, 5.41) is 0. The van der Waals surface area contributed by atoms with Crippen LogP contribution in [0.25, 0.3) is 0 Å². The summed E-state index contributed by atoms with van der Waals surface area (Å²) < 4.78 is 0. The summed E-state index contributed by atoms with van der Waals surface area (Å²) in [6.45, 7) is 15.6. The van der Waals surface area contributed by atoms with Gasteiger partial charge in [-0.3, -0.25) is 4.99 Å². The van der Waals surface area contributed by atoms with Crippen molar-refractivity contribution in [3.8, 4) is 11.8 Å². The number of unbranched alkanes of at least 4 members (excludes halogenated alkanes) is 32. The molecule has 2 rings (SSSR count). The maximum Gasteiger partial charge on any atom is 0.135 e. The molecule has 0 aliphatic rings. The number of aryl methyl sites for hydroxylation is 2. The van der Waals surface area contributed by atoms with E-state index in [4.69, 9.17) is 9.98 Å². The van der Waals surface area contributed by atoms with Gasteiger partial charge in [0.15, 0.2) is 0 Å². The van der Waals surface area contributed by atoms with Crippen LogP contribution in [0.1, 0.15) is 290 Å². The van der Waals surface area contributed by atoms with E-state index in [1.54, 1.807) is 0 Å². The first-order valence-corrected chi connectivity index (χ1v) is 30.3. The molecule has 0 amide bonds. The number of hydrogen-bond acceptors (Lipinski definition) is 4. The number of rotatable bonds is 45. The molecule has 0 bridgehead atoms. The Bertz CT molecular complexity index is 1650. The monoisotopic (exact) mass is 1010 g/mol. The maximum absolute atomic E-state index is 5.56. The predicted octanol–water partition coefficient (Wildman–Crippen LogP) is 21.0. The third kappa shape index (κ3) is 31.8. The zero-order valence-electron chi connectivity index (χ0n) is 47.6. The molecular weight excluding hydrogens is 895 g/mol. The van der Waals surface area contributed by atoms with E-state index in [1.165, 1.54) is 241 Å². The summed E-state index contributed by atoms with van der Waals surface area (Å²) in [4.78, 5) is 15.7. The van der Waals surface area contributed by atoms with Crippen molar-refractivity contribution in [2.75, 3.05) is 37.0 Å². The third-order valence-electron chi connectivity index (χ3n) is 14.7. The van der Waals surface area contributed by atoms with E-state index in [0.29, 0.717) is 0 Å². The summed E-state index contributed by atoms with van der Waals surface area (Å²) in [7, 11) is 4.38. The van der Waals surface area contributed by atoms with Gasteiger partial charge >= 0.3 is 0 Å². The second kappa shape index (κ2) is 46.2. The molecule has 70 heavy (non-hydrogen) atoms. The van der Waals surface area contributed by atoms with Crippen molar-refractivity contribution in [2.45, 2.75) is 292 Å². The molecule has 0 aromatic heterocycles. The first kappa shape index (κ1) is 65.4. The Balaban J connectivity index is 0.0000245. The molecule has 0 atom stereocenters. The predicted molar refractivity (Wildman–Crippen MR) is 314 cm³/mol. The first-order valence-electron chi connectivity index (χ1n) is 30.3. The average Bonchev–Trinajstić information content (AvgIpc) is 3.36. The number of nitrogens with zero attached hydrogens (tertiary/aromatic N) is 4. The van der Waals surface area contributed by atoms with Gasteiger partial charge in [0.25, 0.3) is 0 Å². The Kier molecular flexibility index (Phi) is 43.2. The fourth-order valence-electron chi connectivity index (χ4n) is 9.73. The standard InChI is InChI=1S/C65H112N4.Ni/c1-9-15-19-21-23-25-27-28-29-30-31-32-33-34-35-36-37-39-41-42-46-50-62(66-60-53-52-58(48-44-17-11-3)59(56-60)49-45-18-12-4)63(51-47-43-40-38-26-24-22-20-16-10-2)67-61-54-55-64(68(7)13-5)65(57-61)69(8)14-6;/h52-57H,9-46,48-50H2,1-8H3;/b66-62+,67-63+;. The second-order valence-electron chi connectivity index (χ2n) is 20.9. The first-order chi connectivity index (χ1) is 33.9. The van der Waals surface area contributed by atoms with Crippen molar-refractivity contribution in [3.63, 3.8) is 0 Å². The number of anilines is 2. The minimum absolute atomic E-state index is 0. The van der Waals surface area contributed by atoms with E-state index in [2.05, 4.69) is 114 Å². The van der Waals surface area contributed by atoms with Crippen molar-refractivity contribution < 1.29 is 16.5 Å². The zero-order valence-corrected chi connectivity index (χ0v) is 48.5. The molecule has 0 saturated heterocycles. The van der Waals surface area contributed by atoms with Crippen LogP contribution < -0.4 is 9.80 Å². The molecule has 0 N–H and O–H groups in total. The molecule has 0 radical (unpaired) electrons. The van der Waals surface area contributed by atoms with Gasteiger partial charge in [-0.1, -0.05) is 239 Å². The molecule has 2 aromatic rings. The van der Waals surface area contributed by atoms with Crippen molar-refractivity contribution in [1.82, 2.24) is 0 Å². The molecule has 0 aliphatic carbocycles. The Morgan fingerprint density at radius 1 is 0.400 bits per heavy atom. The smallest absolute Gasteiger partial charge is 0.135 e. The average molecular weight is 1010 g/mol. The molecular formula is C65H112N4Ni. The van der Waals surface area contributed by atoms with Crippen LogP contribution >= 0.6 is 0 Å². The Hall–Kier alpha value is -2.57. The fraction of sp³-hybridized carbons (Fsp3) is 0.754. The van der Waals surface area contributed by atoms with Gasteiger partial charge in [0.1, 0.15) is 5.71 Å². The van der Waals surface area contributed by atoms with E-state index >= 15 is 0 Å². The van der Waals surface area contributed by atoms with E-state index in [1.807, 2.05) is 0 Å². The summed E-state index contributed by atoms with van der Waals surface area (Å²) in [5.74, 6) is 7.32. The molecule has 0 fully saturated rings. The van der Waals surface area contributed by atoms with Gasteiger partial charge in [-0.05, 0) is 106 Å². The molecule has 0 saturated carbocycles. The van der Waals surface area contributed by atoms with Crippen molar-refractivity contribution in [2.24, 2.45) is 9.98 Å². The van der Waals surface area contributed by atoms with Gasteiger partial charge in [-0.25, -0.2) is 4.99 Å². The van der Waals surface area contributed by atoms with Gasteiger partial charge in [0, 0.05) is 50.1 Å². The van der Waals surface area contributed by atoms with E-state index in [0.717, 1.165) is 68.0 Å². The summed E-state index contributed by atoms with van der Waals surface area (Å²) in [6, 6.07) is 13.8. The van der Waals surface area contributed by atoms with Crippen LogP contribution in [0, 0.1) is 11.8 Å². The molecule has 0 aliphatic heterocycles. The van der Waals surface area contributed by atoms with Crippen LogP contribution in [0.2, 0.25) is 0 Å². The zero-order chi connectivity index (χ0) is 49.8. The molecule has 5 heteroatoms. The van der Waals surface area contributed by atoms with Crippen LogP contribution in [0.15, 0.2) is 46.4 Å². The normalized spacial score (nSPS) is 11.7. The fourth-order valence-corrected chi connectivity index (χ4v) is 9.73. The summed E-state index contributed by atoms with van der Waals surface area (Å²) >= 11 is 0. The molecule has 4 nitrogen and oxygen atoms in total. The molecule has 2 aromatic carbocycles. The van der Waals surface area contributed by atoms with E-state index in [-0.39, 0.29) is 16.5 Å². The van der Waals surface area contributed by atoms with E-state index < -0.39 is 0 Å². The Morgan fingerprint density at radius 2 is 0.786 bits per heavy atom. The van der Waals surface area contributed by atoms with Crippen LogP contribution in [0.5, 0.6) is 0 Å². The topological polar surface area (TPSA) is 31.2 Å². The minimum Gasteiger partial charge on any atom is -0.373 e. The number of aliphatic imine (C=N–C) groups is 2. The van der Waals surface area contributed by atoms with Gasteiger partial charge < -0.3 is 9.80 Å². The van der Waals surface area contributed by atoms with Crippen molar-refractivity contribution >= 4 is 34.2 Å². The van der Waals surface area contributed by atoms with Crippen molar-refractivity contribution in [3.05, 3.63) is 47.5 Å². The van der Waals surface area contributed by atoms with Gasteiger partial charge in [-0.15, -0.1) is 0 Å². The quantitative estimate of drug-likeness (QED) is 0.0287. The Labute approximate surface area is 446 Å². The largest absolute Gasteiger partial charge is 0.373 e. The van der Waals surface area contributed by atoms with Crippen LogP contribution in [0.3, 0.4) is 0 Å². The number of benzene rings is 2. The van der Waals surface area contributed by atoms with Crippen LogP contribution in [0.4, 0.5) is 22.7 Å². The van der Waals surface area contributed by atoms with Gasteiger partial charge in [0.2, 0.25) is 0 Å². The number of hydrogen-bond donors (Lipinski definition) is 0. The molecule has 0 heterocycles. The third-order valence-corrected chi connectivity index (χ3v) is 14.7. The van der Waals surface area contributed by atoms with Gasteiger partial charge in [0.05, 0.1) is 28.5 Å². The van der Waals surface area contributed by atoms with E-state index in [9.17, 15) is 0 Å². The van der Waals surface area contributed by atoms with Gasteiger partial charge in [-0.2, -0.15) is 0 Å². The SMILES string of the molecule is CCCCCCCCCCC#CC(=N\c1ccc(N(C)CC)c(N(C)CC)c1)/C(CCCCCCCCCCCCCCCCCCCCCCC)=N/c1ccc(CCCCC)c(CCCCC)c1.[Ni].